The van der Waals surface area contributed by atoms with Crippen molar-refractivity contribution in [2.24, 2.45) is 0 Å². The summed E-state index contributed by atoms with van der Waals surface area (Å²) in [5, 5.41) is 0.510. The Morgan fingerprint density at radius 1 is 1.42 bits per heavy atom. The van der Waals surface area contributed by atoms with Gasteiger partial charge in [0, 0.05) is 16.8 Å². The van der Waals surface area contributed by atoms with Gasteiger partial charge in [0.15, 0.2) is 0 Å². The summed E-state index contributed by atoms with van der Waals surface area (Å²) in [4.78, 5) is 26.1. The van der Waals surface area contributed by atoms with E-state index in [1.165, 1.54) is 13.3 Å². The van der Waals surface area contributed by atoms with Crippen LogP contribution in [-0.2, 0) is 6.54 Å². The van der Waals surface area contributed by atoms with Crippen LogP contribution in [0.25, 0.3) is 0 Å². The molecule has 1 aromatic carbocycles. The summed E-state index contributed by atoms with van der Waals surface area (Å²) < 4.78 is 6.54. The molecule has 0 aliphatic carbocycles. The number of halogens is 2. The molecule has 0 bridgehead atoms. The summed E-state index contributed by atoms with van der Waals surface area (Å²) in [6.07, 6.45) is 1.32. The topological polar surface area (TPSA) is 64.1 Å². The second-order valence-corrected chi connectivity index (χ2v) is 5.08. The smallest absolute Gasteiger partial charge is 0.328 e. The molecule has 1 heterocycles. The zero-order valence-electron chi connectivity index (χ0n) is 9.94. The van der Waals surface area contributed by atoms with Crippen molar-refractivity contribution in [3.8, 4) is 5.75 Å². The molecule has 0 fully saturated rings. The Bertz CT molecular complexity index is 724. The third-order valence-corrected chi connectivity index (χ3v) is 3.39. The lowest BCUT2D eigenvalue weighted by atomic mass is 10.2. The van der Waals surface area contributed by atoms with Gasteiger partial charge in [0.05, 0.1) is 18.1 Å². The predicted octanol–water partition coefficient (Wildman–Crippen LogP) is 2.01. The van der Waals surface area contributed by atoms with E-state index < -0.39 is 11.2 Å². The quantitative estimate of drug-likeness (QED) is 0.925. The van der Waals surface area contributed by atoms with Crippen molar-refractivity contribution in [3.63, 3.8) is 0 Å². The highest BCUT2D eigenvalue weighted by Gasteiger charge is 2.10. The molecule has 19 heavy (non-hydrogen) atoms. The molecule has 0 radical (unpaired) electrons. The number of rotatable bonds is 3. The van der Waals surface area contributed by atoms with Crippen molar-refractivity contribution in [1.82, 2.24) is 9.55 Å². The average Bonchev–Trinajstić information content (AvgIpc) is 2.39. The first-order valence-electron chi connectivity index (χ1n) is 5.33. The van der Waals surface area contributed by atoms with Gasteiger partial charge in [-0.2, -0.15) is 0 Å². The molecule has 0 spiro atoms. The highest BCUT2D eigenvalue weighted by molar-refractivity contribution is 9.10. The van der Waals surface area contributed by atoms with Crippen molar-refractivity contribution < 1.29 is 4.74 Å². The van der Waals surface area contributed by atoms with E-state index in [4.69, 9.17) is 16.3 Å². The third kappa shape index (κ3) is 2.90. The second-order valence-electron chi connectivity index (χ2n) is 3.79. The first-order valence-corrected chi connectivity index (χ1v) is 6.50. The van der Waals surface area contributed by atoms with Crippen LogP contribution in [0.3, 0.4) is 0 Å². The van der Waals surface area contributed by atoms with Crippen molar-refractivity contribution >= 4 is 27.5 Å². The molecule has 1 aromatic heterocycles. The number of nitrogens with zero attached hydrogens (tertiary/aromatic N) is 1. The molecule has 0 aliphatic heterocycles. The summed E-state index contributed by atoms with van der Waals surface area (Å²) in [7, 11) is 1.51. The molecule has 0 saturated heterocycles. The SMILES string of the molecule is COc1ccc(Cl)cc1Cn1c(=O)[nH]cc(Br)c1=O. The van der Waals surface area contributed by atoms with E-state index in [-0.39, 0.29) is 11.0 Å². The predicted molar refractivity (Wildman–Crippen MR) is 76.1 cm³/mol. The van der Waals surface area contributed by atoms with Gasteiger partial charge in [0.2, 0.25) is 0 Å². The van der Waals surface area contributed by atoms with Crippen molar-refractivity contribution in [1.29, 1.82) is 0 Å². The Morgan fingerprint density at radius 2 is 2.16 bits per heavy atom. The number of hydrogen-bond donors (Lipinski definition) is 1. The number of ether oxygens (including phenoxy) is 1. The van der Waals surface area contributed by atoms with E-state index >= 15 is 0 Å². The molecular formula is C12H10BrClN2O3. The second kappa shape index (κ2) is 5.63. The molecule has 7 heteroatoms. The Hall–Kier alpha value is -1.53. The lowest BCUT2D eigenvalue weighted by molar-refractivity contribution is 0.407. The summed E-state index contributed by atoms with van der Waals surface area (Å²) >= 11 is 9.00. The van der Waals surface area contributed by atoms with Crippen LogP contribution in [0.1, 0.15) is 5.56 Å². The van der Waals surface area contributed by atoms with E-state index in [1.54, 1.807) is 18.2 Å². The fourth-order valence-electron chi connectivity index (χ4n) is 1.67. The van der Waals surface area contributed by atoms with Gasteiger partial charge in [0.25, 0.3) is 5.56 Å². The Balaban J connectivity index is 2.53. The van der Waals surface area contributed by atoms with Crippen LogP contribution in [0.5, 0.6) is 5.75 Å². The Kier molecular flexibility index (Phi) is 4.11. The summed E-state index contributed by atoms with van der Waals surface area (Å²) in [5.41, 5.74) is -0.248. The lowest BCUT2D eigenvalue weighted by Crippen LogP contribution is -2.35. The van der Waals surface area contributed by atoms with Gasteiger partial charge >= 0.3 is 5.69 Å². The van der Waals surface area contributed by atoms with Gasteiger partial charge in [-0.3, -0.25) is 9.36 Å². The standard InChI is InChI=1S/C12H10BrClN2O3/c1-19-10-3-2-8(14)4-7(10)6-16-11(17)9(13)5-15-12(16)18/h2-5H,6H2,1H3,(H,15,18). The maximum atomic E-state index is 11.9. The number of aromatic nitrogens is 2. The van der Waals surface area contributed by atoms with Crippen LogP contribution in [0.15, 0.2) is 38.5 Å². The highest BCUT2D eigenvalue weighted by Crippen LogP contribution is 2.22. The zero-order chi connectivity index (χ0) is 14.0. The molecule has 2 aromatic rings. The van der Waals surface area contributed by atoms with Crippen LogP contribution in [0.4, 0.5) is 0 Å². The average molecular weight is 346 g/mol. The van der Waals surface area contributed by atoms with Crippen LogP contribution in [-0.4, -0.2) is 16.7 Å². The zero-order valence-corrected chi connectivity index (χ0v) is 12.3. The lowest BCUT2D eigenvalue weighted by Gasteiger charge is -2.10. The number of hydrogen-bond acceptors (Lipinski definition) is 3. The van der Waals surface area contributed by atoms with Gasteiger partial charge in [0.1, 0.15) is 5.75 Å². The number of methoxy groups -OCH3 is 1. The van der Waals surface area contributed by atoms with Crippen LogP contribution in [0.2, 0.25) is 5.02 Å². The van der Waals surface area contributed by atoms with Gasteiger partial charge in [-0.1, -0.05) is 11.6 Å². The molecule has 0 unspecified atom stereocenters. The fourth-order valence-corrected chi connectivity index (χ4v) is 2.19. The first-order chi connectivity index (χ1) is 9.02. The fraction of sp³-hybridized carbons (Fsp3) is 0.167. The minimum atomic E-state index is -0.491. The van der Waals surface area contributed by atoms with E-state index in [0.717, 1.165) is 4.57 Å². The van der Waals surface area contributed by atoms with Crippen LogP contribution in [0, 0.1) is 0 Å². The number of H-pyrrole nitrogens is 1. The summed E-state index contributed by atoms with van der Waals surface area (Å²) in [6, 6.07) is 5.03. The Labute approximate surface area is 121 Å². The maximum absolute atomic E-state index is 11.9. The summed E-state index contributed by atoms with van der Waals surface area (Å²) in [6.45, 7) is 0.0807. The van der Waals surface area contributed by atoms with Crippen LogP contribution >= 0.6 is 27.5 Å². The Morgan fingerprint density at radius 3 is 2.84 bits per heavy atom. The molecule has 2 rings (SSSR count). The van der Waals surface area contributed by atoms with Gasteiger partial charge in [-0.25, -0.2) is 4.79 Å². The molecule has 5 nitrogen and oxygen atoms in total. The van der Waals surface area contributed by atoms with Gasteiger partial charge in [-0.15, -0.1) is 0 Å². The maximum Gasteiger partial charge on any atom is 0.328 e. The van der Waals surface area contributed by atoms with E-state index in [1.807, 2.05) is 0 Å². The minimum absolute atomic E-state index is 0.0807. The largest absolute Gasteiger partial charge is 0.496 e. The third-order valence-electron chi connectivity index (χ3n) is 2.59. The highest BCUT2D eigenvalue weighted by atomic mass is 79.9. The molecule has 0 saturated carbocycles. The number of nitrogens with one attached hydrogen (secondary N) is 1. The molecule has 1 N–H and O–H groups in total. The molecular weight excluding hydrogens is 336 g/mol. The van der Waals surface area contributed by atoms with Crippen molar-refractivity contribution in [3.05, 3.63) is 60.3 Å². The van der Waals surface area contributed by atoms with Gasteiger partial charge in [-0.05, 0) is 34.1 Å². The normalized spacial score (nSPS) is 10.5. The monoisotopic (exact) mass is 344 g/mol. The number of benzene rings is 1. The molecule has 0 atom stereocenters. The van der Waals surface area contributed by atoms with Crippen molar-refractivity contribution in [2.45, 2.75) is 6.54 Å². The molecule has 0 aliphatic rings. The van der Waals surface area contributed by atoms with Gasteiger partial charge < -0.3 is 9.72 Å². The molecule has 100 valence electrons. The summed E-state index contributed by atoms with van der Waals surface area (Å²) in [5.74, 6) is 0.565. The van der Waals surface area contributed by atoms with Crippen LogP contribution < -0.4 is 16.0 Å². The number of aromatic amines is 1. The van der Waals surface area contributed by atoms with Crippen molar-refractivity contribution in [2.75, 3.05) is 7.11 Å². The van der Waals surface area contributed by atoms with E-state index in [2.05, 4.69) is 20.9 Å². The van der Waals surface area contributed by atoms with E-state index in [0.29, 0.717) is 16.3 Å². The van der Waals surface area contributed by atoms with E-state index in [9.17, 15) is 9.59 Å². The molecule has 0 amide bonds. The minimum Gasteiger partial charge on any atom is -0.496 e. The first kappa shape index (κ1) is 13.9.